The Labute approximate surface area is 112 Å². The number of rotatable bonds is 4. The molecule has 0 fully saturated rings. The number of hydrogen-bond acceptors (Lipinski definition) is 4. The Morgan fingerprint density at radius 2 is 2.25 bits per heavy atom. The van der Waals surface area contributed by atoms with Gasteiger partial charge < -0.3 is 5.73 Å². The van der Waals surface area contributed by atoms with Gasteiger partial charge in [0.05, 0.1) is 5.01 Å². The first kappa shape index (κ1) is 12.2. The van der Waals surface area contributed by atoms with E-state index in [0.29, 0.717) is 0 Å². The SMILES string of the molecule is Cc1csc(CC(N)Cc2sccc2Br)n1. The molecule has 2 rings (SSSR count). The molecule has 86 valence electrons. The van der Waals surface area contributed by atoms with Crippen LogP contribution < -0.4 is 5.73 Å². The number of halogens is 1. The topological polar surface area (TPSA) is 38.9 Å². The number of aromatic nitrogens is 1. The zero-order valence-corrected chi connectivity index (χ0v) is 12.2. The van der Waals surface area contributed by atoms with E-state index in [-0.39, 0.29) is 6.04 Å². The highest BCUT2D eigenvalue weighted by Crippen LogP contribution is 2.24. The Kier molecular flexibility index (Phi) is 4.13. The second-order valence-corrected chi connectivity index (χ2v) is 6.54. The van der Waals surface area contributed by atoms with Gasteiger partial charge in [0, 0.05) is 32.9 Å². The maximum absolute atomic E-state index is 6.13. The van der Waals surface area contributed by atoms with Crippen LogP contribution >= 0.6 is 38.6 Å². The van der Waals surface area contributed by atoms with Gasteiger partial charge in [-0.1, -0.05) is 0 Å². The number of hydrogen-bond donors (Lipinski definition) is 1. The molecule has 0 amide bonds. The molecule has 0 aliphatic carbocycles. The largest absolute Gasteiger partial charge is 0.327 e. The third-order valence-corrected chi connectivity index (χ3v) is 5.18. The summed E-state index contributed by atoms with van der Waals surface area (Å²) in [6.45, 7) is 2.02. The standard InChI is InChI=1S/C11H13BrN2S2/c1-7-6-16-11(14-7)5-8(13)4-10-9(12)2-3-15-10/h2-3,6,8H,4-5,13H2,1H3. The summed E-state index contributed by atoms with van der Waals surface area (Å²) in [5.74, 6) is 0. The zero-order chi connectivity index (χ0) is 11.5. The van der Waals surface area contributed by atoms with E-state index < -0.39 is 0 Å². The Hall–Kier alpha value is -0.230. The van der Waals surface area contributed by atoms with Gasteiger partial charge in [0.25, 0.3) is 0 Å². The maximum Gasteiger partial charge on any atom is 0.0943 e. The molecule has 0 saturated heterocycles. The van der Waals surface area contributed by atoms with Crippen molar-refractivity contribution in [2.24, 2.45) is 5.73 Å². The minimum atomic E-state index is 0.153. The molecule has 2 aromatic heterocycles. The van der Waals surface area contributed by atoms with Crippen molar-refractivity contribution in [1.29, 1.82) is 0 Å². The van der Waals surface area contributed by atoms with Crippen LogP contribution in [0, 0.1) is 6.92 Å². The van der Waals surface area contributed by atoms with Crippen molar-refractivity contribution in [3.63, 3.8) is 0 Å². The molecule has 0 saturated carbocycles. The summed E-state index contributed by atoms with van der Waals surface area (Å²) in [6, 6.07) is 2.22. The van der Waals surface area contributed by atoms with Gasteiger partial charge >= 0.3 is 0 Å². The van der Waals surface area contributed by atoms with Crippen LogP contribution in [-0.4, -0.2) is 11.0 Å². The third kappa shape index (κ3) is 3.13. The molecular weight excluding hydrogens is 304 g/mol. The Morgan fingerprint density at radius 3 is 2.81 bits per heavy atom. The molecular formula is C11H13BrN2S2. The minimum Gasteiger partial charge on any atom is -0.327 e. The van der Waals surface area contributed by atoms with Crippen molar-refractivity contribution in [2.75, 3.05) is 0 Å². The summed E-state index contributed by atoms with van der Waals surface area (Å²) in [5.41, 5.74) is 7.22. The van der Waals surface area contributed by atoms with Crippen LogP contribution in [-0.2, 0) is 12.8 Å². The number of thiazole rings is 1. The van der Waals surface area contributed by atoms with Gasteiger partial charge in [-0.3, -0.25) is 0 Å². The molecule has 0 spiro atoms. The van der Waals surface area contributed by atoms with E-state index in [9.17, 15) is 0 Å². The molecule has 0 bridgehead atoms. The second-order valence-electron chi connectivity index (χ2n) is 3.74. The van der Waals surface area contributed by atoms with Gasteiger partial charge in [-0.15, -0.1) is 22.7 Å². The van der Waals surface area contributed by atoms with Gasteiger partial charge in [0.1, 0.15) is 0 Å². The normalized spacial score (nSPS) is 12.9. The van der Waals surface area contributed by atoms with E-state index in [1.807, 2.05) is 6.92 Å². The molecule has 16 heavy (non-hydrogen) atoms. The lowest BCUT2D eigenvalue weighted by Crippen LogP contribution is -2.25. The predicted octanol–water partition coefficient (Wildman–Crippen LogP) is 3.39. The molecule has 0 radical (unpaired) electrons. The van der Waals surface area contributed by atoms with Gasteiger partial charge in [0.2, 0.25) is 0 Å². The lowest BCUT2D eigenvalue weighted by atomic mass is 10.1. The van der Waals surface area contributed by atoms with Crippen molar-refractivity contribution in [3.8, 4) is 0 Å². The highest BCUT2D eigenvalue weighted by atomic mass is 79.9. The first-order chi connectivity index (χ1) is 7.65. The Balaban J connectivity index is 1.94. The summed E-state index contributed by atoms with van der Waals surface area (Å²) < 4.78 is 1.17. The lowest BCUT2D eigenvalue weighted by molar-refractivity contribution is 0.666. The van der Waals surface area contributed by atoms with E-state index in [2.05, 4.69) is 37.7 Å². The molecule has 1 atom stereocenters. The van der Waals surface area contributed by atoms with E-state index in [4.69, 9.17) is 5.73 Å². The van der Waals surface area contributed by atoms with Crippen LogP contribution in [0.2, 0.25) is 0 Å². The molecule has 2 aromatic rings. The molecule has 0 aromatic carbocycles. The van der Waals surface area contributed by atoms with Crippen LogP contribution in [0.15, 0.2) is 21.3 Å². The van der Waals surface area contributed by atoms with Gasteiger partial charge in [-0.25, -0.2) is 4.98 Å². The molecule has 5 heteroatoms. The number of nitrogens with two attached hydrogens (primary N) is 1. The summed E-state index contributed by atoms with van der Waals surface area (Å²) >= 11 is 6.97. The highest BCUT2D eigenvalue weighted by Gasteiger charge is 2.10. The van der Waals surface area contributed by atoms with Crippen molar-refractivity contribution in [3.05, 3.63) is 36.9 Å². The van der Waals surface area contributed by atoms with Crippen LogP contribution in [0.4, 0.5) is 0 Å². The van der Waals surface area contributed by atoms with E-state index in [1.54, 1.807) is 22.7 Å². The summed E-state index contributed by atoms with van der Waals surface area (Å²) in [4.78, 5) is 5.75. The lowest BCUT2D eigenvalue weighted by Gasteiger charge is -2.08. The molecule has 0 aliphatic heterocycles. The van der Waals surface area contributed by atoms with Gasteiger partial charge in [0.15, 0.2) is 0 Å². The number of aryl methyl sites for hydroxylation is 1. The quantitative estimate of drug-likeness (QED) is 0.939. The average molecular weight is 317 g/mol. The zero-order valence-electron chi connectivity index (χ0n) is 8.94. The summed E-state index contributed by atoms with van der Waals surface area (Å²) in [5, 5.41) is 5.29. The highest BCUT2D eigenvalue weighted by molar-refractivity contribution is 9.10. The minimum absolute atomic E-state index is 0.153. The van der Waals surface area contributed by atoms with Gasteiger partial charge in [-0.2, -0.15) is 0 Å². The van der Waals surface area contributed by atoms with E-state index >= 15 is 0 Å². The molecule has 2 N–H and O–H groups in total. The molecule has 0 aliphatic rings. The predicted molar refractivity (Wildman–Crippen MR) is 74.3 cm³/mol. The van der Waals surface area contributed by atoms with Crippen LogP contribution in [0.5, 0.6) is 0 Å². The first-order valence-electron chi connectivity index (χ1n) is 5.03. The van der Waals surface area contributed by atoms with Crippen molar-refractivity contribution in [2.45, 2.75) is 25.8 Å². The molecule has 1 unspecified atom stereocenters. The second kappa shape index (κ2) is 5.40. The molecule has 2 heterocycles. The monoisotopic (exact) mass is 316 g/mol. The fourth-order valence-electron chi connectivity index (χ4n) is 1.50. The van der Waals surface area contributed by atoms with Crippen LogP contribution in [0.3, 0.4) is 0 Å². The smallest absolute Gasteiger partial charge is 0.0943 e. The Bertz CT molecular complexity index is 464. The van der Waals surface area contributed by atoms with Crippen molar-refractivity contribution in [1.82, 2.24) is 4.98 Å². The summed E-state index contributed by atoms with van der Waals surface area (Å²) in [6.07, 6.45) is 1.78. The number of thiophene rings is 1. The average Bonchev–Trinajstić information content (AvgIpc) is 2.77. The van der Waals surface area contributed by atoms with E-state index in [1.165, 1.54) is 9.35 Å². The molecule has 2 nitrogen and oxygen atoms in total. The van der Waals surface area contributed by atoms with Crippen molar-refractivity contribution >= 4 is 38.6 Å². The third-order valence-electron chi connectivity index (χ3n) is 2.24. The van der Waals surface area contributed by atoms with Crippen LogP contribution in [0.1, 0.15) is 15.6 Å². The van der Waals surface area contributed by atoms with E-state index in [0.717, 1.165) is 23.5 Å². The fraction of sp³-hybridized carbons (Fsp3) is 0.364. The summed E-state index contributed by atoms with van der Waals surface area (Å²) in [7, 11) is 0. The van der Waals surface area contributed by atoms with Gasteiger partial charge in [-0.05, 0) is 40.7 Å². The first-order valence-corrected chi connectivity index (χ1v) is 7.59. The fourth-order valence-corrected chi connectivity index (χ4v) is 3.98. The van der Waals surface area contributed by atoms with Crippen molar-refractivity contribution < 1.29 is 0 Å². The number of nitrogens with zero attached hydrogens (tertiary/aromatic N) is 1. The maximum atomic E-state index is 6.13. The van der Waals surface area contributed by atoms with Crippen LogP contribution in [0.25, 0.3) is 0 Å². The Morgan fingerprint density at radius 1 is 1.44 bits per heavy atom.